The standard InChI is InChI=1S/C15H26N2O/c1-12(2)10-17-11-15(18)14(16-3)9-13-7-5-4-6-8-13/h4-8,12,14-18H,9-11H2,1-3H3/t14?,15-/m1/s1. The zero-order valence-electron chi connectivity index (χ0n) is 11.7. The summed E-state index contributed by atoms with van der Waals surface area (Å²) in [7, 11) is 1.90. The first-order valence-electron chi connectivity index (χ1n) is 6.73. The molecule has 0 radical (unpaired) electrons. The maximum absolute atomic E-state index is 10.2. The molecule has 18 heavy (non-hydrogen) atoms. The van der Waals surface area contributed by atoms with Gasteiger partial charge < -0.3 is 15.7 Å². The Labute approximate surface area is 111 Å². The van der Waals surface area contributed by atoms with E-state index < -0.39 is 0 Å². The third-order valence-electron chi connectivity index (χ3n) is 3.04. The van der Waals surface area contributed by atoms with Crippen molar-refractivity contribution < 1.29 is 5.11 Å². The van der Waals surface area contributed by atoms with Crippen molar-refractivity contribution in [3.63, 3.8) is 0 Å². The summed E-state index contributed by atoms with van der Waals surface area (Å²) in [5, 5.41) is 16.7. The second-order valence-electron chi connectivity index (χ2n) is 5.20. The third kappa shape index (κ3) is 5.63. The third-order valence-corrected chi connectivity index (χ3v) is 3.04. The number of aliphatic hydroxyl groups excluding tert-OH is 1. The fraction of sp³-hybridized carbons (Fsp3) is 0.600. The van der Waals surface area contributed by atoms with Gasteiger partial charge in [0.15, 0.2) is 0 Å². The molecule has 3 heteroatoms. The summed E-state index contributed by atoms with van der Waals surface area (Å²) in [6, 6.07) is 10.4. The quantitative estimate of drug-likeness (QED) is 0.654. The van der Waals surface area contributed by atoms with Crippen LogP contribution in [-0.4, -0.2) is 37.4 Å². The smallest absolute Gasteiger partial charge is 0.0820 e. The van der Waals surface area contributed by atoms with Gasteiger partial charge in [0.05, 0.1) is 6.10 Å². The highest BCUT2D eigenvalue weighted by Crippen LogP contribution is 2.05. The first-order valence-corrected chi connectivity index (χ1v) is 6.73. The lowest BCUT2D eigenvalue weighted by Gasteiger charge is -2.23. The Morgan fingerprint density at radius 1 is 1.11 bits per heavy atom. The molecule has 0 aliphatic heterocycles. The van der Waals surface area contributed by atoms with Crippen molar-refractivity contribution in [3.8, 4) is 0 Å². The minimum atomic E-state index is -0.367. The Balaban J connectivity index is 2.40. The SMILES string of the molecule is CNC(Cc1ccccc1)[C@H](O)CNCC(C)C. The summed E-state index contributed by atoms with van der Waals surface area (Å²) < 4.78 is 0. The molecule has 0 bridgehead atoms. The van der Waals surface area contributed by atoms with E-state index >= 15 is 0 Å². The topological polar surface area (TPSA) is 44.3 Å². The van der Waals surface area contributed by atoms with E-state index in [1.807, 2.05) is 25.2 Å². The predicted molar refractivity (Wildman–Crippen MR) is 76.7 cm³/mol. The minimum absolute atomic E-state index is 0.0899. The van der Waals surface area contributed by atoms with E-state index in [1.54, 1.807) is 0 Å². The van der Waals surface area contributed by atoms with E-state index in [0.717, 1.165) is 13.0 Å². The molecule has 0 saturated heterocycles. The van der Waals surface area contributed by atoms with Crippen LogP contribution < -0.4 is 10.6 Å². The molecule has 102 valence electrons. The highest BCUT2D eigenvalue weighted by atomic mass is 16.3. The Hall–Kier alpha value is -0.900. The lowest BCUT2D eigenvalue weighted by Crippen LogP contribution is -2.45. The van der Waals surface area contributed by atoms with E-state index in [-0.39, 0.29) is 12.1 Å². The molecular weight excluding hydrogens is 224 g/mol. The van der Waals surface area contributed by atoms with Crippen molar-refractivity contribution in [2.75, 3.05) is 20.1 Å². The van der Waals surface area contributed by atoms with E-state index in [9.17, 15) is 5.11 Å². The van der Waals surface area contributed by atoms with E-state index in [2.05, 4.69) is 36.6 Å². The normalized spacial score (nSPS) is 14.7. The van der Waals surface area contributed by atoms with Crippen LogP contribution in [0.3, 0.4) is 0 Å². The van der Waals surface area contributed by atoms with Crippen LogP contribution in [0.25, 0.3) is 0 Å². The zero-order valence-corrected chi connectivity index (χ0v) is 11.7. The molecular formula is C15H26N2O. The molecule has 0 spiro atoms. The second kappa shape index (κ2) is 8.25. The van der Waals surface area contributed by atoms with Crippen LogP contribution in [-0.2, 0) is 6.42 Å². The maximum Gasteiger partial charge on any atom is 0.0820 e. The fourth-order valence-corrected chi connectivity index (χ4v) is 1.96. The van der Waals surface area contributed by atoms with Gasteiger partial charge in [0.25, 0.3) is 0 Å². The van der Waals surface area contributed by atoms with Crippen LogP contribution in [0.4, 0.5) is 0 Å². The first-order chi connectivity index (χ1) is 8.63. The Morgan fingerprint density at radius 2 is 1.78 bits per heavy atom. The molecule has 0 aliphatic rings. The van der Waals surface area contributed by atoms with Gasteiger partial charge in [-0.1, -0.05) is 44.2 Å². The van der Waals surface area contributed by atoms with Crippen LogP contribution in [0.15, 0.2) is 30.3 Å². The molecule has 1 aromatic rings. The summed E-state index contributed by atoms with van der Waals surface area (Å²) in [5.74, 6) is 0.611. The molecule has 1 unspecified atom stereocenters. The molecule has 3 N–H and O–H groups in total. The monoisotopic (exact) mass is 250 g/mol. The molecule has 0 aromatic heterocycles. The number of rotatable bonds is 8. The average Bonchev–Trinajstić information content (AvgIpc) is 2.36. The number of likely N-dealkylation sites (N-methyl/N-ethyl adjacent to an activating group) is 1. The van der Waals surface area contributed by atoms with Gasteiger partial charge in [0.2, 0.25) is 0 Å². The van der Waals surface area contributed by atoms with Gasteiger partial charge in [-0.15, -0.1) is 0 Å². The number of benzene rings is 1. The molecule has 0 saturated carbocycles. The minimum Gasteiger partial charge on any atom is -0.390 e. The van der Waals surface area contributed by atoms with Crippen molar-refractivity contribution >= 4 is 0 Å². The summed E-state index contributed by atoms with van der Waals surface area (Å²) in [6.07, 6.45) is 0.482. The lowest BCUT2D eigenvalue weighted by molar-refractivity contribution is 0.128. The highest BCUT2D eigenvalue weighted by Gasteiger charge is 2.17. The van der Waals surface area contributed by atoms with Gasteiger partial charge in [-0.25, -0.2) is 0 Å². The molecule has 2 atom stereocenters. The van der Waals surface area contributed by atoms with Gasteiger partial charge in [-0.05, 0) is 31.5 Å². The molecule has 1 aromatic carbocycles. The number of hydrogen-bond donors (Lipinski definition) is 3. The van der Waals surface area contributed by atoms with Crippen molar-refractivity contribution in [2.45, 2.75) is 32.4 Å². The number of nitrogens with one attached hydrogen (secondary N) is 2. The van der Waals surface area contributed by atoms with E-state index in [0.29, 0.717) is 12.5 Å². The highest BCUT2D eigenvalue weighted by molar-refractivity contribution is 5.16. The zero-order chi connectivity index (χ0) is 13.4. The van der Waals surface area contributed by atoms with Gasteiger partial charge >= 0.3 is 0 Å². The van der Waals surface area contributed by atoms with Crippen LogP contribution >= 0.6 is 0 Å². The molecule has 3 nitrogen and oxygen atoms in total. The van der Waals surface area contributed by atoms with Gasteiger partial charge in [0.1, 0.15) is 0 Å². The van der Waals surface area contributed by atoms with Crippen molar-refractivity contribution in [1.29, 1.82) is 0 Å². The van der Waals surface area contributed by atoms with Crippen LogP contribution in [0, 0.1) is 5.92 Å². The van der Waals surface area contributed by atoms with Crippen molar-refractivity contribution in [1.82, 2.24) is 10.6 Å². The van der Waals surface area contributed by atoms with E-state index in [4.69, 9.17) is 0 Å². The predicted octanol–water partition coefficient (Wildman–Crippen LogP) is 1.42. The summed E-state index contributed by atoms with van der Waals surface area (Å²) >= 11 is 0. The van der Waals surface area contributed by atoms with Gasteiger partial charge in [-0.3, -0.25) is 0 Å². The van der Waals surface area contributed by atoms with Gasteiger partial charge in [-0.2, -0.15) is 0 Å². The van der Waals surface area contributed by atoms with Crippen LogP contribution in [0.2, 0.25) is 0 Å². The Kier molecular flexibility index (Phi) is 6.94. The molecule has 0 aliphatic carbocycles. The van der Waals surface area contributed by atoms with Gasteiger partial charge in [0, 0.05) is 12.6 Å². The van der Waals surface area contributed by atoms with E-state index in [1.165, 1.54) is 5.56 Å². The average molecular weight is 250 g/mol. The summed E-state index contributed by atoms with van der Waals surface area (Å²) in [5.41, 5.74) is 1.25. The van der Waals surface area contributed by atoms with Crippen molar-refractivity contribution in [2.24, 2.45) is 5.92 Å². The molecule has 0 amide bonds. The van der Waals surface area contributed by atoms with Crippen molar-refractivity contribution in [3.05, 3.63) is 35.9 Å². The van der Waals surface area contributed by atoms with Crippen LogP contribution in [0.1, 0.15) is 19.4 Å². The lowest BCUT2D eigenvalue weighted by atomic mass is 10.0. The fourth-order valence-electron chi connectivity index (χ4n) is 1.96. The number of aliphatic hydroxyl groups is 1. The maximum atomic E-state index is 10.2. The Bertz CT molecular complexity index is 314. The largest absolute Gasteiger partial charge is 0.390 e. The second-order valence-corrected chi connectivity index (χ2v) is 5.20. The Morgan fingerprint density at radius 3 is 2.33 bits per heavy atom. The van der Waals surface area contributed by atoms with Crippen LogP contribution in [0.5, 0.6) is 0 Å². The molecule has 0 heterocycles. The summed E-state index contributed by atoms with van der Waals surface area (Å²) in [4.78, 5) is 0. The molecule has 1 rings (SSSR count). The number of hydrogen-bond acceptors (Lipinski definition) is 3. The first kappa shape index (κ1) is 15.2. The molecule has 0 fully saturated rings. The summed E-state index contributed by atoms with van der Waals surface area (Å²) in [6.45, 7) is 5.91.